The van der Waals surface area contributed by atoms with Crippen molar-refractivity contribution in [3.63, 3.8) is 0 Å². The highest BCUT2D eigenvalue weighted by atomic mass is 79.9. The van der Waals surface area contributed by atoms with Gasteiger partial charge in [-0.2, -0.15) is 0 Å². The number of aromatic nitrogens is 1. The van der Waals surface area contributed by atoms with Gasteiger partial charge in [0.1, 0.15) is 0 Å². The van der Waals surface area contributed by atoms with Crippen molar-refractivity contribution in [2.45, 2.75) is 6.04 Å². The summed E-state index contributed by atoms with van der Waals surface area (Å²) in [4.78, 5) is 13.8. The number of nitrogens with one attached hydrogen (secondary N) is 1. The van der Waals surface area contributed by atoms with Crippen LogP contribution in [0.2, 0.25) is 0 Å². The van der Waals surface area contributed by atoms with Gasteiger partial charge in [0.2, 0.25) is 0 Å². The molecule has 0 saturated carbocycles. The number of methoxy groups -OCH3 is 1. The predicted molar refractivity (Wildman–Crippen MR) is 53.6 cm³/mol. The SMILES string of the molecule is COCC(N)c1cc(Br)c[nH]c1=O. The molecule has 0 aliphatic heterocycles. The molecule has 1 heterocycles. The van der Waals surface area contributed by atoms with Gasteiger partial charge >= 0.3 is 0 Å². The van der Waals surface area contributed by atoms with Crippen LogP contribution in [0, 0.1) is 0 Å². The molecule has 3 N–H and O–H groups in total. The van der Waals surface area contributed by atoms with Gasteiger partial charge in [-0.1, -0.05) is 0 Å². The van der Waals surface area contributed by atoms with Gasteiger partial charge in [-0.05, 0) is 22.0 Å². The van der Waals surface area contributed by atoms with Gasteiger partial charge in [-0.3, -0.25) is 4.79 Å². The van der Waals surface area contributed by atoms with Crippen LogP contribution in [0.1, 0.15) is 11.6 Å². The zero-order chi connectivity index (χ0) is 9.84. The first kappa shape index (κ1) is 10.4. The molecule has 1 unspecified atom stereocenters. The third-order valence-electron chi connectivity index (χ3n) is 1.64. The van der Waals surface area contributed by atoms with E-state index in [-0.39, 0.29) is 11.6 Å². The fourth-order valence-electron chi connectivity index (χ4n) is 1.02. The third kappa shape index (κ3) is 2.65. The Labute approximate surface area is 84.2 Å². The van der Waals surface area contributed by atoms with Crippen molar-refractivity contribution in [2.75, 3.05) is 13.7 Å². The molecule has 1 aromatic rings. The van der Waals surface area contributed by atoms with Gasteiger partial charge in [0, 0.05) is 23.3 Å². The molecular formula is C8H11BrN2O2. The predicted octanol–water partition coefficient (Wildman–Crippen LogP) is 0.784. The Balaban J connectivity index is 2.99. The normalized spacial score (nSPS) is 12.8. The molecule has 0 saturated heterocycles. The third-order valence-corrected chi connectivity index (χ3v) is 2.10. The lowest BCUT2D eigenvalue weighted by atomic mass is 10.1. The fraction of sp³-hybridized carbons (Fsp3) is 0.375. The van der Waals surface area contributed by atoms with Crippen molar-refractivity contribution in [3.05, 3.63) is 32.7 Å². The van der Waals surface area contributed by atoms with Crippen LogP contribution in [0.15, 0.2) is 21.5 Å². The van der Waals surface area contributed by atoms with E-state index in [1.165, 1.54) is 0 Å². The molecule has 0 bridgehead atoms. The lowest BCUT2D eigenvalue weighted by Crippen LogP contribution is -2.24. The van der Waals surface area contributed by atoms with Gasteiger partial charge in [-0.15, -0.1) is 0 Å². The topological polar surface area (TPSA) is 68.1 Å². The molecule has 0 amide bonds. The lowest BCUT2D eigenvalue weighted by molar-refractivity contribution is 0.180. The smallest absolute Gasteiger partial charge is 0.252 e. The minimum atomic E-state index is -0.383. The Morgan fingerprint density at radius 2 is 2.46 bits per heavy atom. The summed E-state index contributed by atoms with van der Waals surface area (Å²) in [5, 5.41) is 0. The Morgan fingerprint density at radius 1 is 1.77 bits per heavy atom. The summed E-state index contributed by atoms with van der Waals surface area (Å²) < 4.78 is 5.66. The first-order valence-electron chi connectivity index (χ1n) is 3.77. The van der Waals surface area contributed by atoms with Gasteiger partial charge < -0.3 is 15.5 Å². The van der Waals surface area contributed by atoms with Crippen molar-refractivity contribution in [3.8, 4) is 0 Å². The molecule has 0 aromatic carbocycles. The van der Waals surface area contributed by atoms with E-state index >= 15 is 0 Å². The maximum Gasteiger partial charge on any atom is 0.252 e. The summed E-state index contributed by atoms with van der Waals surface area (Å²) in [5.41, 5.74) is 6.06. The van der Waals surface area contributed by atoms with E-state index in [4.69, 9.17) is 10.5 Å². The van der Waals surface area contributed by atoms with Crippen LogP contribution in [0.3, 0.4) is 0 Å². The van der Waals surface area contributed by atoms with Gasteiger partial charge in [0.05, 0.1) is 12.6 Å². The molecule has 0 spiro atoms. The fourth-order valence-corrected chi connectivity index (χ4v) is 1.38. The number of ether oxygens (including phenoxy) is 1. The average Bonchev–Trinajstić information content (AvgIpc) is 2.09. The van der Waals surface area contributed by atoms with Gasteiger partial charge in [0.25, 0.3) is 5.56 Å². The zero-order valence-electron chi connectivity index (χ0n) is 7.21. The zero-order valence-corrected chi connectivity index (χ0v) is 8.80. The number of aromatic amines is 1. The van der Waals surface area contributed by atoms with E-state index in [0.29, 0.717) is 12.2 Å². The van der Waals surface area contributed by atoms with Crippen molar-refractivity contribution < 1.29 is 4.74 Å². The van der Waals surface area contributed by atoms with Crippen molar-refractivity contribution >= 4 is 15.9 Å². The van der Waals surface area contributed by atoms with E-state index < -0.39 is 0 Å². The minimum absolute atomic E-state index is 0.173. The molecule has 1 rings (SSSR count). The Bertz CT molecular complexity index is 337. The standard InChI is InChI=1S/C8H11BrN2O2/c1-13-4-7(10)6-2-5(9)3-11-8(6)12/h2-3,7H,4,10H2,1H3,(H,11,12). The van der Waals surface area contributed by atoms with E-state index in [1.807, 2.05) is 0 Å². The quantitative estimate of drug-likeness (QED) is 0.829. The van der Waals surface area contributed by atoms with Crippen LogP contribution in [-0.2, 0) is 4.74 Å². The molecule has 72 valence electrons. The Morgan fingerprint density at radius 3 is 3.08 bits per heavy atom. The molecule has 0 aliphatic rings. The summed E-state index contributed by atoms with van der Waals surface area (Å²) in [7, 11) is 1.55. The molecule has 1 aromatic heterocycles. The Hall–Kier alpha value is -0.650. The highest BCUT2D eigenvalue weighted by Crippen LogP contribution is 2.11. The van der Waals surface area contributed by atoms with E-state index in [9.17, 15) is 4.79 Å². The maximum atomic E-state index is 11.3. The van der Waals surface area contributed by atoms with Crippen LogP contribution in [0.5, 0.6) is 0 Å². The van der Waals surface area contributed by atoms with Crippen molar-refractivity contribution in [2.24, 2.45) is 5.73 Å². The van der Waals surface area contributed by atoms with Crippen LogP contribution in [0.25, 0.3) is 0 Å². The molecular weight excluding hydrogens is 236 g/mol. The number of H-pyrrole nitrogens is 1. The second-order valence-electron chi connectivity index (χ2n) is 2.66. The van der Waals surface area contributed by atoms with Crippen LogP contribution in [0.4, 0.5) is 0 Å². The Kier molecular flexibility index (Phi) is 3.65. The minimum Gasteiger partial charge on any atom is -0.383 e. The number of nitrogens with two attached hydrogens (primary N) is 1. The summed E-state index contributed by atoms with van der Waals surface area (Å²) in [6.45, 7) is 0.333. The maximum absolute atomic E-state index is 11.3. The average molecular weight is 247 g/mol. The number of hydrogen-bond donors (Lipinski definition) is 2. The van der Waals surface area contributed by atoms with Crippen LogP contribution >= 0.6 is 15.9 Å². The number of pyridine rings is 1. The number of rotatable bonds is 3. The second-order valence-corrected chi connectivity index (χ2v) is 3.58. The summed E-state index contributed by atoms with van der Waals surface area (Å²) in [6.07, 6.45) is 1.57. The molecule has 0 aliphatic carbocycles. The molecule has 5 heteroatoms. The lowest BCUT2D eigenvalue weighted by Gasteiger charge is -2.09. The summed E-state index contributed by atoms with van der Waals surface area (Å²) >= 11 is 3.25. The summed E-state index contributed by atoms with van der Waals surface area (Å²) in [5.74, 6) is 0. The first-order chi connectivity index (χ1) is 6.15. The monoisotopic (exact) mass is 246 g/mol. The van der Waals surface area contributed by atoms with Crippen LogP contribution in [-0.4, -0.2) is 18.7 Å². The molecule has 1 atom stereocenters. The van der Waals surface area contributed by atoms with E-state index in [2.05, 4.69) is 20.9 Å². The van der Waals surface area contributed by atoms with Gasteiger partial charge in [-0.25, -0.2) is 0 Å². The molecule has 0 radical (unpaired) electrons. The molecule has 13 heavy (non-hydrogen) atoms. The second kappa shape index (κ2) is 4.55. The largest absolute Gasteiger partial charge is 0.383 e. The van der Waals surface area contributed by atoms with E-state index in [1.54, 1.807) is 19.4 Å². The van der Waals surface area contributed by atoms with Crippen molar-refractivity contribution in [1.29, 1.82) is 0 Å². The van der Waals surface area contributed by atoms with Crippen LogP contribution < -0.4 is 11.3 Å². The highest BCUT2D eigenvalue weighted by Gasteiger charge is 2.09. The number of halogens is 1. The summed E-state index contributed by atoms with van der Waals surface area (Å²) in [6, 6.07) is 1.31. The highest BCUT2D eigenvalue weighted by molar-refractivity contribution is 9.10. The number of hydrogen-bond acceptors (Lipinski definition) is 3. The van der Waals surface area contributed by atoms with E-state index in [0.717, 1.165) is 4.47 Å². The molecule has 0 fully saturated rings. The van der Waals surface area contributed by atoms with Gasteiger partial charge in [0.15, 0.2) is 0 Å². The first-order valence-corrected chi connectivity index (χ1v) is 4.57. The van der Waals surface area contributed by atoms with Crippen molar-refractivity contribution in [1.82, 2.24) is 4.98 Å². The molecule has 4 nitrogen and oxygen atoms in total.